The molecule has 23 heavy (non-hydrogen) atoms. The molecule has 0 aromatic heterocycles. The Labute approximate surface area is 135 Å². The zero-order valence-corrected chi connectivity index (χ0v) is 13.5. The fourth-order valence-corrected chi connectivity index (χ4v) is 3.25. The van der Waals surface area contributed by atoms with Crippen LogP contribution in [-0.2, 0) is 15.0 Å². The Bertz CT molecular complexity index is 562. The maximum atomic E-state index is 12.9. The van der Waals surface area contributed by atoms with Crippen molar-refractivity contribution >= 4 is 11.8 Å². The van der Waals surface area contributed by atoms with Crippen molar-refractivity contribution in [1.29, 1.82) is 0 Å². The lowest BCUT2D eigenvalue weighted by atomic mass is 9.77. The molecule has 6 nitrogen and oxygen atoms in total. The third-order valence-electron chi connectivity index (χ3n) is 4.66. The summed E-state index contributed by atoms with van der Waals surface area (Å²) in [6.45, 7) is 3.38. The number of hydrogen-bond donors (Lipinski definition) is 4. The third-order valence-corrected chi connectivity index (χ3v) is 4.66. The summed E-state index contributed by atoms with van der Waals surface area (Å²) in [5.41, 5.74) is 2.84. The fourth-order valence-electron chi connectivity index (χ4n) is 3.25. The quantitative estimate of drug-likeness (QED) is 0.483. The summed E-state index contributed by atoms with van der Waals surface area (Å²) in [6.07, 6.45) is 2.17. The molecular formula is C17H24N2O4. The minimum atomic E-state index is -1.18. The first kappa shape index (κ1) is 17.4. The SMILES string of the molecule is Cc1ccc(C2(C(=O)NC(C(=O)NO)C(C)O)CCCC2)cc1. The van der Waals surface area contributed by atoms with Crippen molar-refractivity contribution in [1.82, 2.24) is 10.8 Å². The van der Waals surface area contributed by atoms with Gasteiger partial charge in [0.05, 0.1) is 11.5 Å². The van der Waals surface area contributed by atoms with E-state index in [1.165, 1.54) is 12.4 Å². The second kappa shape index (κ2) is 7.10. The van der Waals surface area contributed by atoms with Crippen molar-refractivity contribution in [3.8, 4) is 0 Å². The number of aliphatic hydroxyl groups excluding tert-OH is 1. The maximum absolute atomic E-state index is 12.9. The average Bonchev–Trinajstić information content (AvgIpc) is 3.03. The molecule has 0 aliphatic heterocycles. The summed E-state index contributed by atoms with van der Waals surface area (Å²) in [6, 6.07) is 6.65. The van der Waals surface area contributed by atoms with Crippen LogP contribution in [0.4, 0.5) is 0 Å². The Morgan fingerprint density at radius 2 is 1.74 bits per heavy atom. The van der Waals surface area contributed by atoms with Gasteiger partial charge in [-0.25, -0.2) is 5.48 Å². The number of hydroxylamine groups is 1. The van der Waals surface area contributed by atoms with Gasteiger partial charge in [0.2, 0.25) is 5.91 Å². The lowest BCUT2D eigenvalue weighted by Gasteiger charge is -2.31. The topological polar surface area (TPSA) is 98.7 Å². The molecule has 2 rings (SSSR count). The van der Waals surface area contributed by atoms with Gasteiger partial charge in [-0.15, -0.1) is 0 Å². The normalized spacial score (nSPS) is 19.0. The molecule has 1 aliphatic carbocycles. The van der Waals surface area contributed by atoms with E-state index in [0.29, 0.717) is 12.8 Å². The first-order chi connectivity index (χ1) is 10.9. The predicted octanol–water partition coefficient (Wildman–Crippen LogP) is 1.18. The van der Waals surface area contributed by atoms with Crippen LogP contribution in [0.5, 0.6) is 0 Å². The van der Waals surface area contributed by atoms with Crippen molar-refractivity contribution in [3.05, 3.63) is 35.4 Å². The van der Waals surface area contributed by atoms with Crippen molar-refractivity contribution in [2.45, 2.75) is 57.1 Å². The third kappa shape index (κ3) is 3.54. The number of aryl methyl sites for hydroxylation is 1. The van der Waals surface area contributed by atoms with Crippen LogP contribution in [0.1, 0.15) is 43.7 Å². The molecular weight excluding hydrogens is 296 g/mol. The highest BCUT2D eigenvalue weighted by molar-refractivity contribution is 5.93. The fraction of sp³-hybridized carbons (Fsp3) is 0.529. The van der Waals surface area contributed by atoms with Crippen LogP contribution in [-0.4, -0.2) is 34.3 Å². The highest BCUT2D eigenvalue weighted by Gasteiger charge is 2.44. The molecule has 1 aromatic carbocycles. The molecule has 1 aromatic rings. The van der Waals surface area contributed by atoms with Crippen molar-refractivity contribution in [3.63, 3.8) is 0 Å². The molecule has 0 radical (unpaired) electrons. The van der Waals surface area contributed by atoms with E-state index in [1.807, 2.05) is 31.2 Å². The molecule has 1 saturated carbocycles. The average molecular weight is 320 g/mol. The molecule has 4 N–H and O–H groups in total. The summed E-state index contributed by atoms with van der Waals surface area (Å²) < 4.78 is 0. The zero-order valence-electron chi connectivity index (χ0n) is 13.5. The van der Waals surface area contributed by atoms with Crippen LogP contribution in [0.3, 0.4) is 0 Å². The van der Waals surface area contributed by atoms with Crippen LogP contribution in [0.15, 0.2) is 24.3 Å². The predicted molar refractivity (Wildman–Crippen MR) is 84.9 cm³/mol. The number of carbonyl (C=O) groups is 2. The maximum Gasteiger partial charge on any atom is 0.268 e. The van der Waals surface area contributed by atoms with Crippen molar-refractivity contribution < 1.29 is 19.9 Å². The Kier molecular flexibility index (Phi) is 5.38. The standard InChI is InChI=1S/C17H24N2O4/c1-11-5-7-13(8-6-11)17(9-3-4-10-17)16(22)18-14(12(2)20)15(21)19-23/h5-8,12,14,20,23H,3-4,9-10H2,1-2H3,(H,18,22)(H,19,21). The number of carbonyl (C=O) groups excluding carboxylic acids is 2. The summed E-state index contributed by atoms with van der Waals surface area (Å²) in [5, 5.41) is 21.1. The van der Waals surface area contributed by atoms with Crippen molar-refractivity contribution in [2.75, 3.05) is 0 Å². The Hall–Kier alpha value is -1.92. The van der Waals surface area contributed by atoms with Gasteiger partial charge in [-0.05, 0) is 32.3 Å². The van der Waals surface area contributed by atoms with Gasteiger partial charge in [-0.2, -0.15) is 0 Å². The molecule has 2 unspecified atom stereocenters. The highest BCUT2D eigenvalue weighted by atomic mass is 16.5. The van der Waals surface area contributed by atoms with Gasteiger partial charge in [0.15, 0.2) is 0 Å². The van der Waals surface area contributed by atoms with E-state index >= 15 is 0 Å². The molecule has 0 heterocycles. The summed E-state index contributed by atoms with van der Waals surface area (Å²) in [4.78, 5) is 24.6. The van der Waals surface area contributed by atoms with Gasteiger partial charge < -0.3 is 10.4 Å². The monoisotopic (exact) mass is 320 g/mol. The minimum Gasteiger partial charge on any atom is -0.391 e. The van der Waals surface area contributed by atoms with Crippen LogP contribution in [0.25, 0.3) is 0 Å². The molecule has 1 fully saturated rings. The van der Waals surface area contributed by atoms with E-state index in [-0.39, 0.29) is 5.91 Å². The van der Waals surface area contributed by atoms with Crippen molar-refractivity contribution in [2.24, 2.45) is 0 Å². The number of amides is 2. The summed E-state index contributed by atoms with van der Waals surface area (Å²) in [7, 11) is 0. The number of hydrogen-bond acceptors (Lipinski definition) is 4. The number of nitrogens with one attached hydrogen (secondary N) is 2. The molecule has 0 bridgehead atoms. The molecule has 6 heteroatoms. The van der Waals surface area contributed by atoms with Crippen LogP contribution in [0.2, 0.25) is 0 Å². The van der Waals surface area contributed by atoms with Crippen LogP contribution in [0, 0.1) is 6.92 Å². The molecule has 0 saturated heterocycles. The lowest BCUT2D eigenvalue weighted by Crippen LogP contribution is -2.56. The second-order valence-electron chi connectivity index (χ2n) is 6.32. The second-order valence-corrected chi connectivity index (χ2v) is 6.32. The van der Waals surface area contributed by atoms with Gasteiger partial charge in [0, 0.05) is 0 Å². The van der Waals surface area contributed by atoms with Gasteiger partial charge in [0.25, 0.3) is 5.91 Å². The molecule has 126 valence electrons. The molecule has 2 atom stereocenters. The smallest absolute Gasteiger partial charge is 0.268 e. The van der Waals surface area contributed by atoms with E-state index in [4.69, 9.17) is 5.21 Å². The number of benzene rings is 1. The van der Waals surface area contributed by atoms with E-state index in [1.54, 1.807) is 0 Å². The largest absolute Gasteiger partial charge is 0.391 e. The number of rotatable bonds is 5. The minimum absolute atomic E-state index is 0.284. The number of aliphatic hydroxyl groups is 1. The van der Waals surface area contributed by atoms with Gasteiger partial charge >= 0.3 is 0 Å². The van der Waals surface area contributed by atoms with Gasteiger partial charge in [-0.1, -0.05) is 42.7 Å². The van der Waals surface area contributed by atoms with Crippen LogP contribution < -0.4 is 10.8 Å². The zero-order chi connectivity index (χ0) is 17.0. The molecule has 0 spiro atoms. The van der Waals surface area contributed by atoms with E-state index < -0.39 is 23.5 Å². The van der Waals surface area contributed by atoms with E-state index in [9.17, 15) is 14.7 Å². The van der Waals surface area contributed by atoms with Gasteiger partial charge in [0.1, 0.15) is 6.04 Å². The van der Waals surface area contributed by atoms with E-state index in [2.05, 4.69) is 5.32 Å². The lowest BCUT2D eigenvalue weighted by molar-refractivity contribution is -0.139. The first-order valence-corrected chi connectivity index (χ1v) is 7.91. The van der Waals surface area contributed by atoms with Gasteiger partial charge in [-0.3, -0.25) is 14.8 Å². The Morgan fingerprint density at radius 3 is 2.22 bits per heavy atom. The van der Waals surface area contributed by atoms with Crippen LogP contribution >= 0.6 is 0 Å². The molecule has 2 amide bonds. The Balaban J connectivity index is 2.28. The van der Waals surface area contributed by atoms with E-state index in [0.717, 1.165) is 24.0 Å². The Morgan fingerprint density at radius 1 is 1.17 bits per heavy atom. The summed E-state index contributed by atoms with van der Waals surface area (Å²) in [5.74, 6) is -1.11. The first-order valence-electron chi connectivity index (χ1n) is 7.91. The highest BCUT2D eigenvalue weighted by Crippen LogP contribution is 2.41. The summed E-state index contributed by atoms with van der Waals surface area (Å²) >= 11 is 0. The molecule has 1 aliphatic rings.